The van der Waals surface area contributed by atoms with Gasteiger partial charge >= 0.3 is 0 Å². The topological polar surface area (TPSA) is 18.5 Å². The maximum atomic E-state index is 5.64. The van der Waals surface area contributed by atoms with Crippen LogP contribution < -0.4 is 0 Å². The summed E-state index contributed by atoms with van der Waals surface area (Å²) in [5.41, 5.74) is 0. The van der Waals surface area contributed by atoms with Crippen molar-refractivity contribution in [2.75, 3.05) is 6.61 Å². The van der Waals surface area contributed by atoms with Gasteiger partial charge in [0, 0.05) is 6.61 Å². The van der Waals surface area contributed by atoms with Crippen molar-refractivity contribution < 1.29 is 9.47 Å². The smallest absolute Gasteiger partial charge is 0.158 e. The van der Waals surface area contributed by atoms with E-state index in [1.165, 1.54) is 6.42 Å². The molecular formula is C9H14Br2O2. The lowest BCUT2D eigenvalue weighted by atomic mass is 10.2. The number of hydrogen-bond donors (Lipinski definition) is 0. The Morgan fingerprint density at radius 1 is 1.54 bits per heavy atom. The van der Waals surface area contributed by atoms with Crippen molar-refractivity contribution in [3.05, 3.63) is 9.47 Å². The summed E-state index contributed by atoms with van der Waals surface area (Å²) in [5.74, 6) is 0. The first kappa shape index (κ1) is 11.7. The van der Waals surface area contributed by atoms with Crippen LogP contribution in [0, 0.1) is 0 Å². The highest BCUT2D eigenvalue weighted by Gasteiger charge is 2.15. The van der Waals surface area contributed by atoms with Gasteiger partial charge in [-0.25, -0.2) is 0 Å². The average molecular weight is 314 g/mol. The summed E-state index contributed by atoms with van der Waals surface area (Å²) in [5, 5.41) is 0. The van der Waals surface area contributed by atoms with Gasteiger partial charge in [0.05, 0.1) is 9.50 Å². The van der Waals surface area contributed by atoms with Crippen LogP contribution in [0.15, 0.2) is 9.47 Å². The molecule has 2 nitrogen and oxygen atoms in total. The highest BCUT2D eigenvalue weighted by Crippen LogP contribution is 2.19. The molecule has 0 amide bonds. The largest absolute Gasteiger partial charge is 0.353 e. The third kappa shape index (κ3) is 5.15. The number of rotatable bonds is 3. The summed E-state index contributed by atoms with van der Waals surface area (Å²) in [7, 11) is 0. The standard InChI is InChI=1S/C9H14Br2O2/c1-7(6-8(10)11)13-9-4-2-3-5-12-9/h6-7,9H,2-5H2,1H3/t7-,9-/m1/s1. The third-order valence-electron chi connectivity index (χ3n) is 1.87. The molecule has 0 aromatic heterocycles. The van der Waals surface area contributed by atoms with Crippen molar-refractivity contribution in [2.45, 2.75) is 38.6 Å². The average Bonchev–Trinajstić information content (AvgIpc) is 2.04. The predicted octanol–water partition coefficient (Wildman–Crippen LogP) is 3.55. The lowest BCUT2D eigenvalue weighted by Gasteiger charge is -2.24. The molecule has 0 saturated carbocycles. The summed E-state index contributed by atoms with van der Waals surface area (Å²) < 4.78 is 12.0. The van der Waals surface area contributed by atoms with Gasteiger partial charge in [0.15, 0.2) is 6.29 Å². The molecule has 1 heterocycles. The van der Waals surface area contributed by atoms with E-state index in [-0.39, 0.29) is 12.4 Å². The van der Waals surface area contributed by atoms with Crippen molar-refractivity contribution in [3.63, 3.8) is 0 Å². The minimum atomic E-state index is -0.0145. The van der Waals surface area contributed by atoms with Crippen LogP contribution in [0.25, 0.3) is 0 Å². The summed E-state index contributed by atoms with van der Waals surface area (Å²) >= 11 is 6.59. The van der Waals surface area contributed by atoms with Gasteiger partial charge in [-0.2, -0.15) is 0 Å². The van der Waals surface area contributed by atoms with E-state index in [9.17, 15) is 0 Å². The van der Waals surface area contributed by atoms with Crippen LogP contribution in [0.2, 0.25) is 0 Å². The minimum absolute atomic E-state index is 0.0145. The van der Waals surface area contributed by atoms with E-state index in [1.807, 2.05) is 13.0 Å². The zero-order chi connectivity index (χ0) is 9.68. The van der Waals surface area contributed by atoms with Crippen LogP contribution in [0.3, 0.4) is 0 Å². The normalized spacial score (nSPS) is 25.3. The first-order chi connectivity index (χ1) is 6.18. The van der Waals surface area contributed by atoms with Crippen LogP contribution in [-0.2, 0) is 9.47 Å². The molecule has 1 aliphatic heterocycles. The quantitative estimate of drug-likeness (QED) is 0.793. The summed E-state index contributed by atoms with van der Waals surface area (Å²) in [6.07, 6.45) is 5.40. The molecule has 0 bridgehead atoms. The maximum absolute atomic E-state index is 5.64. The molecule has 0 radical (unpaired) electrons. The minimum Gasteiger partial charge on any atom is -0.353 e. The van der Waals surface area contributed by atoms with Crippen molar-refractivity contribution in [2.24, 2.45) is 0 Å². The second-order valence-corrected chi connectivity index (χ2v) is 5.87. The fraction of sp³-hybridized carbons (Fsp3) is 0.778. The Balaban J connectivity index is 2.26. The van der Waals surface area contributed by atoms with E-state index in [2.05, 4.69) is 31.9 Å². The first-order valence-corrected chi connectivity index (χ1v) is 6.07. The molecular weight excluding hydrogens is 300 g/mol. The Morgan fingerprint density at radius 2 is 2.31 bits per heavy atom. The lowest BCUT2D eigenvalue weighted by molar-refractivity contribution is -0.174. The molecule has 0 spiro atoms. The monoisotopic (exact) mass is 312 g/mol. The van der Waals surface area contributed by atoms with Gasteiger partial charge in [0.25, 0.3) is 0 Å². The maximum Gasteiger partial charge on any atom is 0.158 e. The molecule has 76 valence electrons. The van der Waals surface area contributed by atoms with Crippen LogP contribution >= 0.6 is 31.9 Å². The highest BCUT2D eigenvalue weighted by molar-refractivity contribution is 9.28. The molecule has 1 rings (SSSR count). The van der Waals surface area contributed by atoms with E-state index >= 15 is 0 Å². The Bertz CT molecular complexity index is 172. The fourth-order valence-corrected chi connectivity index (χ4v) is 2.02. The van der Waals surface area contributed by atoms with Gasteiger partial charge in [-0.1, -0.05) is 0 Å². The van der Waals surface area contributed by atoms with Gasteiger partial charge in [0.2, 0.25) is 0 Å². The molecule has 0 aromatic rings. The first-order valence-electron chi connectivity index (χ1n) is 4.48. The Kier molecular flexibility index (Phi) is 5.55. The summed E-state index contributed by atoms with van der Waals surface area (Å²) in [6.45, 7) is 2.83. The van der Waals surface area contributed by atoms with Crippen LogP contribution in [0.4, 0.5) is 0 Å². The molecule has 2 atom stereocenters. The van der Waals surface area contributed by atoms with Crippen molar-refractivity contribution in [1.29, 1.82) is 0 Å². The highest BCUT2D eigenvalue weighted by atomic mass is 79.9. The van der Waals surface area contributed by atoms with E-state index in [0.29, 0.717) is 0 Å². The van der Waals surface area contributed by atoms with Gasteiger partial charge in [-0.15, -0.1) is 0 Å². The molecule has 4 heteroatoms. The zero-order valence-corrected chi connectivity index (χ0v) is 10.8. The second-order valence-electron chi connectivity index (χ2n) is 3.09. The second kappa shape index (κ2) is 6.17. The SMILES string of the molecule is C[C@H](C=C(Br)Br)O[C@@H]1CCCCO1. The van der Waals surface area contributed by atoms with E-state index in [1.54, 1.807) is 0 Å². The van der Waals surface area contributed by atoms with Crippen molar-refractivity contribution >= 4 is 31.9 Å². The molecule has 0 aromatic carbocycles. The molecule has 13 heavy (non-hydrogen) atoms. The van der Waals surface area contributed by atoms with E-state index in [0.717, 1.165) is 22.8 Å². The fourth-order valence-electron chi connectivity index (χ4n) is 1.27. The Morgan fingerprint density at radius 3 is 2.85 bits per heavy atom. The lowest BCUT2D eigenvalue weighted by Crippen LogP contribution is -2.25. The van der Waals surface area contributed by atoms with E-state index < -0.39 is 0 Å². The van der Waals surface area contributed by atoms with Crippen LogP contribution in [0.5, 0.6) is 0 Å². The zero-order valence-electron chi connectivity index (χ0n) is 7.63. The van der Waals surface area contributed by atoms with Gasteiger partial charge in [-0.05, 0) is 64.1 Å². The van der Waals surface area contributed by atoms with Crippen molar-refractivity contribution in [1.82, 2.24) is 0 Å². The Labute approximate surface area is 95.9 Å². The Hall–Kier alpha value is 0.620. The third-order valence-corrected chi connectivity index (χ3v) is 2.39. The summed E-state index contributed by atoms with van der Waals surface area (Å²) in [6, 6.07) is 0. The van der Waals surface area contributed by atoms with Gasteiger partial charge in [0.1, 0.15) is 0 Å². The van der Waals surface area contributed by atoms with Crippen LogP contribution in [0.1, 0.15) is 26.2 Å². The summed E-state index contributed by atoms with van der Waals surface area (Å²) in [4.78, 5) is 0. The van der Waals surface area contributed by atoms with Crippen molar-refractivity contribution in [3.8, 4) is 0 Å². The number of hydrogen-bond acceptors (Lipinski definition) is 2. The molecule has 0 unspecified atom stereocenters. The number of ether oxygens (including phenoxy) is 2. The molecule has 1 saturated heterocycles. The molecule has 1 aliphatic rings. The predicted molar refractivity (Wildman–Crippen MR) is 60.1 cm³/mol. The van der Waals surface area contributed by atoms with E-state index in [4.69, 9.17) is 9.47 Å². The van der Waals surface area contributed by atoms with Gasteiger partial charge in [-0.3, -0.25) is 0 Å². The molecule has 0 aliphatic carbocycles. The van der Waals surface area contributed by atoms with Crippen LogP contribution in [-0.4, -0.2) is 19.0 Å². The van der Waals surface area contributed by atoms with Gasteiger partial charge < -0.3 is 9.47 Å². The number of halogens is 2. The molecule has 1 fully saturated rings. The molecule has 0 N–H and O–H groups in total.